The smallest absolute Gasteiger partial charge is 0.127 e. The largest absolute Gasteiger partial charge is 0.496 e. The highest BCUT2D eigenvalue weighted by Gasteiger charge is 2.34. The molecule has 1 aliphatic carbocycles. The SMILES string of the molecule is CC(OC1(/C=C/c2ccc(N(C)C)cc2)C=C2C=COCC2=C1)N1CCCCC1. The molecular formula is C25H32N2O2. The number of allylic oxidation sites excluding steroid dienone is 1. The summed E-state index contributed by atoms with van der Waals surface area (Å²) in [6.45, 7) is 5.02. The maximum absolute atomic E-state index is 6.70. The van der Waals surface area contributed by atoms with Gasteiger partial charge in [0.05, 0.1) is 6.26 Å². The van der Waals surface area contributed by atoms with Crippen LogP contribution in [0.5, 0.6) is 0 Å². The Balaban J connectivity index is 1.58. The van der Waals surface area contributed by atoms with Gasteiger partial charge in [0.15, 0.2) is 0 Å². The van der Waals surface area contributed by atoms with Crippen LogP contribution in [0.4, 0.5) is 5.69 Å². The molecule has 0 spiro atoms. The minimum atomic E-state index is -0.542. The van der Waals surface area contributed by atoms with Gasteiger partial charge in [-0.05, 0) is 72.9 Å². The standard InChI is InChI=1S/C25H32N2O2/c1-20(27-14-5-4-6-15-27)29-25(17-22-12-16-28-19-23(22)18-25)13-11-21-7-9-24(10-8-21)26(2)3/h7-13,16-18,20H,4-6,14-15,19H2,1-3H3/b13-11+. The molecule has 0 aromatic heterocycles. The van der Waals surface area contributed by atoms with Crippen molar-refractivity contribution >= 4 is 11.8 Å². The van der Waals surface area contributed by atoms with E-state index in [0.717, 1.165) is 13.1 Å². The van der Waals surface area contributed by atoms with Crippen molar-refractivity contribution in [1.82, 2.24) is 4.90 Å². The van der Waals surface area contributed by atoms with Gasteiger partial charge in [-0.3, -0.25) is 4.90 Å². The Hall–Kier alpha value is -2.30. The molecule has 4 nitrogen and oxygen atoms in total. The summed E-state index contributed by atoms with van der Waals surface area (Å²) in [6, 6.07) is 8.59. The lowest BCUT2D eigenvalue weighted by atomic mass is 10.0. The first-order valence-electron chi connectivity index (χ1n) is 10.7. The van der Waals surface area contributed by atoms with Crippen LogP contribution in [0.2, 0.25) is 0 Å². The number of hydrogen-bond donors (Lipinski definition) is 0. The zero-order valence-corrected chi connectivity index (χ0v) is 17.8. The van der Waals surface area contributed by atoms with Crippen LogP contribution in [0.1, 0.15) is 31.7 Å². The van der Waals surface area contributed by atoms with Crippen LogP contribution in [0, 0.1) is 0 Å². The molecule has 1 aromatic rings. The number of benzene rings is 1. The van der Waals surface area contributed by atoms with Gasteiger partial charge >= 0.3 is 0 Å². The molecule has 2 aliphatic heterocycles. The highest BCUT2D eigenvalue weighted by atomic mass is 16.5. The van der Waals surface area contributed by atoms with E-state index < -0.39 is 5.60 Å². The van der Waals surface area contributed by atoms with E-state index in [1.54, 1.807) is 6.26 Å². The number of rotatable bonds is 6. The van der Waals surface area contributed by atoms with E-state index in [4.69, 9.17) is 9.47 Å². The quantitative estimate of drug-likeness (QED) is 0.697. The molecule has 29 heavy (non-hydrogen) atoms. The summed E-state index contributed by atoms with van der Waals surface area (Å²) in [4.78, 5) is 4.57. The number of nitrogens with zero attached hydrogens (tertiary/aromatic N) is 2. The fourth-order valence-corrected chi connectivity index (χ4v) is 4.24. The van der Waals surface area contributed by atoms with Crippen molar-refractivity contribution in [1.29, 1.82) is 0 Å². The van der Waals surface area contributed by atoms with Crippen LogP contribution >= 0.6 is 0 Å². The molecule has 0 radical (unpaired) electrons. The third-order valence-electron chi connectivity index (χ3n) is 5.96. The Bertz CT molecular complexity index is 829. The molecule has 0 N–H and O–H groups in total. The van der Waals surface area contributed by atoms with Gasteiger partial charge in [-0.2, -0.15) is 0 Å². The van der Waals surface area contributed by atoms with Gasteiger partial charge in [0, 0.05) is 32.9 Å². The van der Waals surface area contributed by atoms with E-state index in [1.165, 1.54) is 41.7 Å². The molecule has 4 heteroatoms. The minimum absolute atomic E-state index is 0.0646. The summed E-state index contributed by atoms with van der Waals surface area (Å²) in [7, 11) is 4.12. The Morgan fingerprint density at radius 1 is 1.10 bits per heavy atom. The number of piperidine rings is 1. The van der Waals surface area contributed by atoms with Crippen molar-refractivity contribution < 1.29 is 9.47 Å². The van der Waals surface area contributed by atoms with E-state index in [1.807, 2.05) is 6.08 Å². The van der Waals surface area contributed by atoms with Crippen molar-refractivity contribution in [3.05, 3.63) is 71.5 Å². The molecule has 2 heterocycles. The molecule has 3 aliphatic rings. The summed E-state index contributed by atoms with van der Waals surface area (Å²) in [5.74, 6) is 0. The maximum Gasteiger partial charge on any atom is 0.127 e. The first-order valence-corrected chi connectivity index (χ1v) is 10.7. The summed E-state index contributed by atoms with van der Waals surface area (Å²) < 4.78 is 12.2. The molecule has 2 unspecified atom stereocenters. The summed E-state index contributed by atoms with van der Waals surface area (Å²) in [5, 5.41) is 0. The van der Waals surface area contributed by atoms with Crippen molar-refractivity contribution in [2.24, 2.45) is 0 Å². The lowest BCUT2D eigenvalue weighted by Gasteiger charge is -2.36. The van der Waals surface area contributed by atoms with Crippen molar-refractivity contribution in [2.45, 2.75) is 38.0 Å². The van der Waals surface area contributed by atoms with Crippen LogP contribution in [-0.2, 0) is 9.47 Å². The normalized spacial score (nSPS) is 25.3. The predicted octanol–water partition coefficient (Wildman–Crippen LogP) is 4.76. The first-order chi connectivity index (χ1) is 14.0. The third-order valence-corrected chi connectivity index (χ3v) is 5.96. The zero-order chi connectivity index (χ0) is 20.3. The number of likely N-dealkylation sites (tertiary alicyclic amines) is 1. The van der Waals surface area contributed by atoms with Crippen LogP contribution in [-0.4, -0.2) is 50.5 Å². The van der Waals surface area contributed by atoms with E-state index in [0.29, 0.717) is 6.61 Å². The van der Waals surface area contributed by atoms with Gasteiger partial charge in [0.25, 0.3) is 0 Å². The average molecular weight is 393 g/mol. The molecule has 0 bridgehead atoms. The molecule has 2 atom stereocenters. The minimum Gasteiger partial charge on any atom is -0.496 e. The van der Waals surface area contributed by atoms with Gasteiger partial charge in [0.2, 0.25) is 0 Å². The Labute approximate surface area is 174 Å². The lowest BCUT2D eigenvalue weighted by molar-refractivity contribution is -0.0915. The molecule has 0 saturated carbocycles. The van der Waals surface area contributed by atoms with Crippen molar-refractivity contribution in [3.8, 4) is 0 Å². The van der Waals surface area contributed by atoms with Gasteiger partial charge < -0.3 is 14.4 Å². The number of hydrogen-bond acceptors (Lipinski definition) is 4. The highest BCUT2D eigenvalue weighted by molar-refractivity contribution is 5.61. The van der Waals surface area contributed by atoms with E-state index in [2.05, 4.69) is 79.4 Å². The van der Waals surface area contributed by atoms with Crippen molar-refractivity contribution in [3.63, 3.8) is 0 Å². The fourth-order valence-electron chi connectivity index (χ4n) is 4.24. The molecule has 1 fully saturated rings. The van der Waals surface area contributed by atoms with E-state index in [9.17, 15) is 0 Å². The monoisotopic (exact) mass is 392 g/mol. The number of anilines is 1. The second-order valence-corrected chi connectivity index (χ2v) is 8.37. The lowest BCUT2D eigenvalue weighted by Crippen LogP contribution is -2.43. The van der Waals surface area contributed by atoms with Crippen LogP contribution < -0.4 is 4.90 Å². The first kappa shape index (κ1) is 20.0. The third kappa shape index (κ3) is 4.65. The molecule has 1 aromatic carbocycles. The topological polar surface area (TPSA) is 24.9 Å². The highest BCUT2D eigenvalue weighted by Crippen LogP contribution is 2.36. The zero-order valence-electron chi connectivity index (χ0n) is 17.8. The summed E-state index contributed by atoms with van der Waals surface area (Å²) >= 11 is 0. The van der Waals surface area contributed by atoms with Crippen LogP contribution in [0.15, 0.2) is 66.0 Å². The molecule has 4 rings (SSSR count). The summed E-state index contributed by atoms with van der Waals surface area (Å²) in [5.41, 5.74) is 4.23. The van der Waals surface area contributed by atoms with Crippen molar-refractivity contribution in [2.75, 3.05) is 38.7 Å². The Morgan fingerprint density at radius 2 is 1.86 bits per heavy atom. The second kappa shape index (κ2) is 8.60. The number of ether oxygens (including phenoxy) is 2. The van der Waals surface area contributed by atoms with E-state index in [-0.39, 0.29) is 6.23 Å². The predicted molar refractivity (Wildman–Crippen MR) is 120 cm³/mol. The Kier molecular flexibility index (Phi) is 5.93. The molecule has 1 saturated heterocycles. The summed E-state index contributed by atoms with van der Waals surface area (Å²) in [6.07, 6.45) is 16.5. The molecule has 154 valence electrons. The second-order valence-electron chi connectivity index (χ2n) is 8.37. The molecular weight excluding hydrogens is 360 g/mol. The Morgan fingerprint density at radius 3 is 2.55 bits per heavy atom. The van der Waals surface area contributed by atoms with E-state index >= 15 is 0 Å². The van der Waals surface area contributed by atoms with Gasteiger partial charge in [0.1, 0.15) is 18.4 Å². The fraction of sp³-hybridized carbons (Fsp3) is 0.440. The van der Waals surface area contributed by atoms with Gasteiger partial charge in [-0.25, -0.2) is 0 Å². The van der Waals surface area contributed by atoms with Gasteiger partial charge in [-0.1, -0.05) is 24.6 Å². The van der Waals surface area contributed by atoms with Gasteiger partial charge in [-0.15, -0.1) is 0 Å². The maximum atomic E-state index is 6.70. The molecule has 0 amide bonds. The van der Waals surface area contributed by atoms with Crippen LogP contribution in [0.25, 0.3) is 6.08 Å². The van der Waals surface area contributed by atoms with Crippen LogP contribution in [0.3, 0.4) is 0 Å². The average Bonchev–Trinajstić information content (AvgIpc) is 3.11. The number of fused-ring (bicyclic) bond motifs is 1.